The van der Waals surface area contributed by atoms with Crippen molar-refractivity contribution in [2.24, 2.45) is 0 Å². The van der Waals surface area contributed by atoms with E-state index in [1.165, 1.54) is 5.39 Å². The minimum atomic E-state index is -0.513. The van der Waals surface area contributed by atoms with E-state index in [1.54, 1.807) is 6.92 Å². The number of nitrogens with zero attached hydrogens (tertiary/aromatic N) is 1. The summed E-state index contributed by atoms with van der Waals surface area (Å²) >= 11 is 0. The first-order valence-corrected chi connectivity index (χ1v) is 4.72. The van der Waals surface area contributed by atoms with Gasteiger partial charge in [-0.15, -0.1) is 0 Å². The fourth-order valence-electron chi connectivity index (χ4n) is 1.69. The third-order valence-corrected chi connectivity index (χ3v) is 2.42. The van der Waals surface area contributed by atoms with E-state index >= 15 is 0 Å². The Kier molecular flexibility index (Phi) is 2.22. The van der Waals surface area contributed by atoms with Crippen LogP contribution >= 0.6 is 0 Å². The van der Waals surface area contributed by atoms with Crippen molar-refractivity contribution in [3.63, 3.8) is 0 Å². The average molecular weight is 187 g/mol. The van der Waals surface area contributed by atoms with Gasteiger partial charge < -0.3 is 5.11 Å². The maximum Gasteiger partial charge on any atom is 0.0938 e. The maximum atomic E-state index is 9.55. The summed E-state index contributed by atoms with van der Waals surface area (Å²) in [5, 5.41) is 11.8. The maximum absolute atomic E-state index is 9.55. The van der Waals surface area contributed by atoms with Crippen LogP contribution in [0.4, 0.5) is 0 Å². The van der Waals surface area contributed by atoms with Crippen LogP contribution in [0.3, 0.4) is 0 Å². The van der Waals surface area contributed by atoms with E-state index < -0.39 is 6.10 Å². The van der Waals surface area contributed by atoms with E-state index in [2.05, 4.69) is 11.1 Å². The van der Waals surface area contributed by atoms with Gasteiger partial charge in [-0.05, 0) is 24.8 Å². The summed E-state index contributed by atoms with van der Waals surface area (Å²) in [6.07, 6.45) is 1.30. The second-order valence-corrected chi connectivity index (χ2v) is 3.55. The molecule has 0 amide bonds. The standard InChI is InChI=1S/C12H13NO/c1-8-7-13-12(9(2)14)11-6-4-3-5-10(8)11/h3-7,9,14H,1-2H3. The SMILES string of the molecule is Cc1cnc(C(C)O)c2ccccc12. The zero-order valence-electron chi connectivity index (χ0n) is 8.36. The minimum Gasteiger partial charge on any atom is -0.387 e. The highest BCUT2D eigenvalue weighted by Gasteiger charge is 2.08. The molecule has 2 nitrogen and oxygen atoms in total. The number of aryl methyl sites for hydroxylation is 1. The molecule has 2 heteroatoms. The lowest BCUT2D eigenvalue weighted by molar-refractivity contribution is 0.196. The van der Waals surface area contributed by atoms with Crippen LogP contribution in [0.15, 0.2) is 30.5 Å². The third kappa shape index (κ3) is 1.38. The predicted molar refractivity (Wildman–Crippen MR) is 57.1 cm³/mol. The number of hydrogen-bond donors (Lipinski definition) is 1. The summed E-state index contributed by atoms with van der Waals surface area (Å²) in [7, 11) is 0. The van der Waals surface area contributed by atoms with Crippen molar-refractivity contribution < 1.29 is 5.11 Å². The second kappa shape index (κ2) is 3.39. The molecule has 1 atom stereocenters. The summed E-state index contributed by atoms with van der Waals surface area (Å²) < 4.78 is 0. The van der Waals surface area contributed by atoms with Gasteiger partial charge in [-0.1, -0.05) is 24.3 Å². The molecule has 1 aromatic carbocycles. The van der Waals surface area contributed by atoms with E-state index in [9.17, 15) is 5.11 Å². The number of benzene rings is 1. The lowest BCUT2D eigenvalue weighted by Gasteiger charge is -2.09. The minimum absolute atomic E-state index is 0.513. The van der Waals surface area contributed by atoms with Gasteiger partial charge in [0.25, 0.3) is 0 Å². The van der Waals surface area contributed by atoms with Gasteiger partial charge in [-0.25, -0.2) is 0 Å². The Balaban J connectivity index is 2.82. The number of aliphatic hydroxyl groups is 1. The molecule has 0 aliphatic heterocycles. The molecule has 0 saturated carbocycles. The largest absolute Gasteiger partial charge is 0.387 e. The molecule has 0 saturated heterocycles. The quantitative estimate of drug-likeness (QED) is 0.744. The summed E-state index contributed by atoms with van der Waals surface area (Å²) in [6, 6.07) is 8.02. The lowest BCUT2D eigenvalue weighted by Crippen LogP contribution is -1.97. The van der Waals surface area contributed by atoms with Crippen molar-refractivity contribution in [1.82, 2.24) is 4.98 Å². The zero-order chi connectivity index (χ0) is 10.1. The summed E-state index contributed by atoms with van der Waals surface area (Å²) in [4.78, 5) is 4.26. The lowest BCUT2D eigenvalue weighted by atomic mass is 10.0. The van der Waals surface area contributed by atoms with Gasteiger partial charge in [0.2, 0.25) is 0 Å². The van der Waals surface area contributed by atoms with Crippen LogP contribution in [0.2, 0.25) is 0 Å². The molecule has 2 rings (SSSR count). The van der Waals surface area contributed by atoms with Crippen LogP contribution in [0.1, 0.15) is 24.3 Å². The Morgan fingerprint density at radius 3 is 2.50 bits per heavy atom. The van der Waals surface area contributed by atoms with Crippen molar-refractivity contribution in [3.8, 4) is 0 Å². The van der Waals surface area contributed by atoms with Crippen LogP contribution in [0.25, 0.3) is 10.8 Å². The van der Waals surface area contributed by atoms with E-state index in [-0.39, 0.29) is 0 Å². The molecular weight excluding hydrogens is 174 g/mol. The third-order valence-electron chi connectivity index (χ3n) is 2.42. The Bertz CT molecular complexity index is 463. The van der Waals surface area contributed by atoms with Gasteiger partial charge in [0.05, 0.1) is 11.8 Å². The molecule has 1 N–H and O–H groups in total. The fourth-order valence-corrected chi connectivity index (χ4v) is 1.69. The molecule has 0 spiro atoms. The zero-order valence-corrected chi connectivity index (χ0v) is 8.36. The monoisotopic (exact) mass is 187 g/mol. The molecule has 2 aromatic rings. The molecule has 0 aliphatic carbocycles. The predicted octanol–water partition coefficient (Wildman–Crippen LogP) is 2.60. The first-order valence-electron chi connectivity index (χ1n) is 4.72. The Morgan fingerprint density at radius 2 is 1.86 bits per heavy atom. The van der Waals surface area contributed by atoms with Crippen molar-refractivity contribution >= 4 is 10.8 Å². The molecule has 1 heterocycles. The Labute approximate surface area is 83.2 Å². The highest BCUT2D eigenvalue weighted by atomic mass is 16.3. The van der Waals surface area contributed by atoms with Crippen molar-refractivity contribution in [2.45, 2.75) is 20.0 Å². The number of fused-ring (bicyclic) bond motifs is 1. The number of hydrogen-bond acceptors (Lipinski definition) is 2. The molecule has 0 fully saturated rings. The van der Waals surface area contributed by atoms with Crippen LogP contribution in [0.5, 0.6) is 0 Å². The van der Waals surface area contributed by atoms with Gasteiger partial charge in [0.1, 0.15) is 0 Å². The van der Waals surface area contributed by atoms with Gasteiger partial charge >= 0.3 is 0 Å². The average Bonchev–Trinajstić information content (AvgIpc) is 2.18. The van der Waals surface area contributed by atoms with Crippen LogP contribution in [0, 0.1) is 6.92 Å². The van der Waals surface area contributed by atoms with E-state index in [0.29, 0.717) is 0 Å². The van der Waals surface area contributed by atoms with E-state index in [4.69, 9.17) is 0 Å². The second-order valence-electron chi connectivity index (χ2n) is 3.55. The highest BCUT2D eigenvalue weighted by Crippen LogP contribution is 2.24. The molecule has 1 aromatic heterocycles. The van der Waals surface area contributed by atoms with Crippen molar-refractivity contribution in [2.75, 3.05) is 0 Å². The number of rotatable bonds is 1. The van der Waals surface area contributed by atoms with Gasteiger partial charge in [0, 0.05) is 11.6 Å². The van der Waals surface area contributed by atoms with E-state index in [0.717, 1.165) is 16.6 Å². The topological polar surface area (TPSA) is 33.1 Å². The van der Waals surface area contributed by atoms with Gasteiger partial charge in [0.15, 0.2) is 0 Å². The normalized spacial score (nSPS) is 13.1. The number of pyridine rings is 1. The molecule has 14 heavy (non-hydrogen) atoms. The molecule has 0 radical (unpaired) electrons. The molecule has 0 aliphatic rings. The molecule has 0 bridgehead atoms. The van der Waals surface area contributed by atoms with Gasteiger partial charge in [-0.3, -0.25) is 4.98 Å². The highest BCUT2D eigenvalue weighted by molar-refractivity contribution is 5.87. The summed E-state index contributed by atoms with van der Waals surface area (Å²) in [5.74, 6) is 0. The van der Waals surface area contributed by atoms with Crippen LogP contribution < -0.4 is 0 Å². The van der Waals surface area contributed by atoms with Crippen molar-refractivity contribution in [1.29, 1.82) is 0 Å². The summed E-state index contributed by atoms with van der Waals surface area (Å²) in [6.45, 7) is 3.77. The fraction of sp³-hybridized carbons (Fsp3) is 0.250. The summed E-state index contributed by atoms with van der Waals surface area (Å²) in [5.41, 5.74) is 1.90. The Hall–Kier alpha value is -1.41. The molecule has 1 unspecified atom stereocenters. The molecular formula is C12H13NO. The molecule has 72 valence electrons. The first-order chi connectivity index (χ1) is 6.70. The van der Waals surface area contributed by atoms with E-state index in [1.807, 2.05) is 31.3 Å². The first kappa shape index (κ1) is 9.16. The van der Waals surface area contributed by atoms with Crippen LogP contribution in [-0.4, -0.2) is 10.1 Å². The number of aliphatic hydroxyl groups excluding tert-OH is 1. The number of aromatic nitrogens is 1. The Morgan fingerprint density at radius 1 is 1.21 bits per heavy atom. The van der Waals surface area contributed by atoms with Crippen molar-refractivity contribution in [3.05, 3.63) is 41.7 Å². The smallest absolute Gasteiger partial charge is 0.0938 e. The van der Waals surface area contributed by atoms with Gasteiger partial charge in [-0.2, -0.15) is 0 Å². The van der Waals surface area contributed by atoms with Crippen LogP contribution in [-0.2, 0) is 0 Å².